The molecule has 0 spiro atoms. The topological polar surface area (TPSA) is 66.4 Å². The highest BCUT2D eigenvalue weighted by molar-refractivity contribution is 7.43. The first kappa shape index (κ1) is 27.0. The highest BCUT2D eigenvalue weighted by atomic mass is 31.2. The van der Waals surface area contributed by atoms with Crippen LogP contribution in [0.25, 0.3) is 0 Å². The maximum atomic E-state index is 9.58. The zero-order valence-corrected chi connectivity index (χ0v) is 22.1. The average Bonchev–Trinajstić information content (AvgIpc) is 2.96. The van der Waals surface area contributed by atoms with Gasteiger partial charge in [-0.05, 0) is 60.7 Å². The largest absolute Gasteiger partial charge is 0.530 e. The molecule has 0 heterocycles. The number of para-hydroxylation sites is 5. The van der Waals surface area contributed by atoms with Crippen LogP contribution in [0.1, 0.15) is 0 Å². The summed E-state index contributed by atoms with van der Waals surface area (Å²) in [6.45, 7) is 0. The summed E-state index contributed by atoms with van der Waals surface area (Å²) < 4.78 is 28.0. The summed E-state index contributed by atoms with van der Waals surface area (Å²) in [5.41, 5.74) is 0. The van der Waals surface area contributed by atoms with E-state index in [9.17, 15) is 4.89 Å². The maximum absolute atomic E-state index is 9.58. The molecule has 192 valence electrons. The average molecular weight is 544 g/mol. The number of benzene rings is 5. The van der Waals surface area contributed by atoms with Crippen LogP contribution < -0.4 is 22.6 Å². The molecule has 0 bridgehead atoms. The van der Waals surface area contributed by atoms with Crippen molar-refractivity contribution in [3.63, 3.8) is 0 Å². The van der Waals surface area contributed by atoms with Crippen LogP contribution in [0.5, 0.6) is 28.7 Å². The first-order valence-corrected chi connectivity index (χ1v) is 13.9. The van der Waals surface area contributed by atoms with Gasteiger partial charge in [0.2, 0.25) is 0 Å². The standard InChI is InChI=1S/C18H15O3P.C12H11O3P/c1-4-10-16(11-5-1)19-22(20-17-12-6-2-7-13-17)21-18-14-8-3-9-15-18;13-16(14-11-7-3-1-4-8-11)15-12-9-5-2-6-10-12/h1-15H;1-10,13H. The summed E-state index contributed by atoms with van der Waals surface area (Å²) >= 11 is 0. The second kappa shape index (κ2) is 15.2. The van der Waals surface area contributed by atoms with Gasteiger partial charge < -0.3 is 27.5 Å². The molecule has 38 heavy (non-hydrogen) atoms. The summed E-state index contributed by atoms with van der Waals surface area (Å²) in [7, 11) is -3.52. The van der Waals surface area contributed by atoms with Gasteiger partial charge in [-0.1, -0.05) is 91.0 Å². The van der Waals surface area contributed by atoms with E-state index < -0.39 is 17.2 Å². The fourth-order valence-corrected chi connectivity index (χ4v) is 4.55. The molecule has 0 aromatic heterocycles. The Labute approximate surface area is 225 Å². The van der Waals surface area contributed by atoms with Crippen molar-refractivity contribution in [1.82, 2.24) is 0 Å². The molecule has 0 aliphatic heterocycles. The predicted molar refractivity (Wildman–Crippen MR) is 151 cm³/mol. The third-order valence-corrected chi connectivity index (χ3v) is 6.44. The van der Waals surface area contributed by atoms with E-state index in [1.54, 1.807) is 24.3 Å². The summed E-state index contributed by atoms with van der Waals surface area (Å²) in [5.74, 6) is 3.31. The molecule has 5 rings (SSSR count). The van der Waals surface area contributed by atoms with E-state index in [2.05, 4.69) is 0 Å². The first-order chi connectivity index (χ1) is 18.7. The third kappa shape index (κ3) is 9.76. The van der Waals surface area contributed by atoms with Crippen LogP contribution in [0, 0.1) is 0 Å². The fraction of sp³-hybridized carbons (Fsp3) is 0. The second-order valence-corrected chi connectivity index (χ2v) is 9.32. The van der Waals surface area contributed by atoms with Crippen LogP contribution in [0.2, 0.25) is 0 Å². The summed E-state index contributed by atoms with van der Waals surface area (Å²) in [6, 6.07) is 46.7. The Balaban J connectivity index is 0.000000186. The van der Waals surface area contributed by atoms with Crippen molar-refractivity contribution >= 4 is 17.2 Å². The van der Waals surface area contributed by atoms with E-state index in [1.807, 2.05) is 127 Å². The van der Waals surface area contributed by atoms with Gasteiger partial charge in [0.1, 0.15) is 28.7 Å². The number of rotatable bonds is 10. The van der Waals surface area contributed by atoms with Gasteiger partial charge in [-0.2, -0.15) is 0 Å². The molecule has 0 aliphatic carbocycles. The highest BCUT2D eigenvalue weighted by Crippen LogP contribution is 2.42. The van der Waals surface area contributed by atoms with Gasteiger partial charge >= 0.3 is 17.2 Å². The maximum Gasteiger partial charge on any atom is 0.530 e. The van der Waals surface area contributed by atoms with Crippen LogP contribution in [0.4, 0.5) is 0 Å². The van der Waals surface area contributed by atoms with Gasteiger partial charge in [0.25, 0.3) is 0 Å². The molecule has 0 fully saturated rings. The summed E-state index contributed by atoms with van der Waals surface area (Å²) in [6.07, 6.45) is 0. The Morgan fingerprint density at radius 3 is 0.763 bits per heavy atom. The molecule has 0 amide bonds. The van der Waals surface area contributed by atoms with E-state index in [4.69, 9.17) is 22.6 Å². The second-order valence-electron chi connectivity index (χ2n) is 7.48. The normalized spacial score (nSPS) is 10.2. The van der Waals surface area contributed by atoms with Crippen LogP contribution in [0.15, 0.2) is 152 Å². The Morgan fingerprint density at radius 2 is 0.526 bits per heavy atom. The van der Waals surface area contributed by atoms with Crippen LogP contribution >= 0.6 is 17.2 Å². The molecule has 5 aromatic carbocycles. The van der Waals surface area contributed by atoms with Crippen molar-refractivity contribution < 1.29 is 27.5 Å². The SMILES string of the molecule is OP(Oc1ccccc1)Oc1ccccc1.c1ccc(OP(Oc2ccccc2)Oc2ccccc2)cc1. The molecule has 1 N–H and O–H groups in total. The van der Waals surface area contributed by atoms with E-state index in [-0.39, 0.29) is 0 Å². The van der Waals surface area contributed by atoms with E-state index in [0.717, 1.165) is 0 Å². The Morgan fingerprint density at radius 1 is 0.316 bits per heavy atom. The zero-order valence-electron chi connectivity index (χ0n) is 20.3. The monoisotopic (exact) mass is 544 g/mol. The molecule has 0 saturated heterocycles. The molecule has 0 unspecified atom stereocenters. The third-order valence-electron chi connectivity index (χ3n) is 4.62. The van der Waals surface area contributed by atoms with Crippen molar-refractivity contribution in [3.8, 4) is 28.7 Å². The Kier molecular flexibility index (Phi) is 10.8. The molecular formula is C30H26O6P2. The van der Waals surface area contributed by atoms with Crippen LogP contribution in [-0.4, -0.2) is 4.89 Å². The Bertz CT molecular complexity index is 1160. The minimum absolute atomic E-state index is 0.590. The fourth-order valence-electron chi connectivity index (χ4n) is 2.92. The quantitative estimate of drug-likeness (QED) is 0.177. The van der Waals surface area contributed by atoms with E-state index in [1.165, 1.54) is 0 Å². The lowest BCUT2D eigenvalue weighted by Gasteiger charge is -2.17. The van der Waals surface area contributed by atoms with Crippen molar-refractivity contribution in [2.24, 2.45) is 0 Å². The molecule has 5 aromatic rings. The first-order valence-electron chi connectivity index (χ1n) is 11.7. The van der Waals surface area contributed by atoms with E-state index in [0.29, 0.717) is 28.7 Å². The van der Waals surface area contributed by atoms with Crippen LogP contribution in [-0.2, 0) is 0 Å². The van der Waals surface area contributed by atoms with Gasteiger partial charge in [-0.3, -0.25) is 0 Å². The highest BCUT2D eigenvalue weighted by Gasteiger charge is 2.19. The smallest absolute Gasteiger partial charge is 0.418 e. The van der Waals surface area contributed by atoms with Gasteiger partial charge in [0.15, 0.2) is 0 Å². The van der Waals surface area contributed by atoms with Gasteiger partial charge in [-0.25, -0.2) is 0 Å². The summed E-state index contributed by atoms with van der Waals surface area (Å²) in [5, 5.41) is 0. The molecule has 8 heteroatoms. The van der Waals surface area contributed by atoms with Gasteiger partial charge in [0.05, 0.1) is 0 Å². The molecular weight excluding hydrogens is 518 g/mol. The van der Waals surface area contributed by atoms with Crippen molar-refractivity contribution in [3.05, 3.63) is 152 Å². The van der Waals surface area contributed by atoms with Crippen molar-refractivity contribution in [1.29, 1.82) is 0 Å². The molecule has 0 radical (unpaired) electrons. The van der Waals surface area contributed by atoms with Gasteiger partial charge in [0, 0.05) is 0 Å². The van der Waals surface area contributed by atoms with Crippen molar-refractivity contribution in [2.45, 2.75) is 0 Å². The molecule has 0 saturated carbocycles. The summed E-state index contributed by atoms with van der Waals surface area (Å²) in [4.78, 5) is 9.58. The van der Waals surface area contributed by atoms with Crippen LogP contribution in [0.3, 0.4) is 0 Å². The molecule has 6 nitrogen and oxygen atoms in total. The predicted octanol–water partition coefficient (Wildman–Crippen LogP) is 8.81. The number of hydrogen-bond donors (Lipinski definition) is 1. The minimum atomic E-state index is -1.93. The van der Waals surface area contributed by atoms with Crippen molar-refractivity contribution in [2.75, 3.05) is 0 Å². The Hall–Kier alpha value is -4.08. The lowest BCUT2D eigenvalue weighted by molar-refractivity contribution is 0.381. The lowest BCUT2D eigenvalue weighted by atomic mass is 10.3. The molecule has 0 aliphatic rings. The minimum Gasteiger partial charge on any atom is -0.418 e. The van der Waals surface area contributed by atoms with E-state index >= 15 is 0 Å². The lowest BCUT2D eigenvalue weighted by Crippen LogP contribution is -2.02. The zero-order chi connectivity index (χ0) is 26.3. The van der Waals surface area contributed by atoms with Gasteiger partial charge in [-0.15, -0.1) is 0 Å². The number of hydrogen-bond acceptors (Lipinski definition) is 6. The molecule has 0 atom stereocenters.